The van der Waals surface area contributed by atoms with Gasteiger partial charge in [0.25, 0.3) is 0 Å². The Bertz CT molecular complexity index is 824. The summed E-state index contributed by atoms with van der Waals surface area (Å²) >= 11 is 7.42. The number of hydrogen-bond donors (Lipinski definition) is 1. The van der Waals surface area contributed by atoms with Crippen molar-refractivity contribution >= 4 is 44.9 Å². The fraction of sp³-hybridized carbons (Fsp3) is 0.267. The molecule has 0 saturated heterocycles. The van der Waals surface area contributed by atoms with E-state index in [1.54, 1.807) is 0 Å². The Balaban J connectivity index is 1.74. The van der Waals surface area contributed by atoms with Crippen molar-refractivity contribution in [3.8, 4) is 0 Å². The minimum Gasteiger partial charge on any atom is -0.338 e. The molecule has 0 aliphatic rings. The first-order chi connectivity index (χ1) is 10.5. The molecule has 0 aliphatic carbocycles. The first kappa shape index (κ1) is 15.0. The lowest BCUT2D eigenvalue weighted by molar-refractivity contribution is -0.116. The summed E-state index contributed by atoms with van der Waals surface area (Å²) in [5.74, 6) is 0.169. The third-order valence-electron chi connectivity index (χ3n) is 3.23. The van der Waals surface area contributed by atoms with Crippen molar-refractivity contribution in [3.05, 3.63) is 40.5 Å². The third-order valence-corrected chi connectivity index (χ3v) is 4.61. The molecule has 2 heterocycles. The number of aromatic nitrogens is 3. The molecule has 3 rings (SSSR count). The second-order valence-electron chi connectivity index (χ2n) is 5.30. The van der Waals surface area contributed by atoms with Crippen LogP contribution in [0.15, 0.2) is 30.5 Å². The maximum absolute atomic E-state index is 12.2. The summed E-state index contributed by atoms with van der Waals surface area (Å²) in [7, 11) is 0. The summed E-state index contributed by atoms with van der Waals surface area (Å²) in [6.45, 7) is 4.30. The van der Waals surface area contributed by atoms with Gasteiger partial charge in [-0.05, 0) is 23.6 Å². The molecule has 0 bridgehead atoms. The maximum atomic E-state index is 12.2. The number of anilines is 1. The number of benzene rings is 1. The highest BCUT2D eigenvalue weighted by atomic mass is 35.5. The second-order valence-corrected chi connectivity index (χ2v) is 6.74. The van der Waals surface area contributed by atoms with Crippen molar-refractivity contribution in [1.82, 2.24) is 14.8 Å². The van der Waals surface area contributed by atoms with Crippen LogP contribution in [0, 0.1) is 0 Å². The monoisotopic (exact) mass is 334 g/mol. The molecule has 1 aromatic carbocycles. The molecule has 0 spiro atoms. The number of halogens is 1. The van der Waals surface area contributed by atoms with E-state index >= 15 is 0 Å². The predicted octanol–water partition coefficient (Wildman–Crippen LogP) is 3.91. The van der Waals surface area contributed by atoms with Gasteiger partial charge in [0.1, 0.15) is 11.6 Å². The Morgan fingerprint density at radius 2 is 2.18 bits per heavy atom. The highest BCUT2D eigenvalue weighted by Gasteiger charge is 2.12. The zero-order valence-electron chi connectivity index (χ0n) is 12.2. The Kier molecular flexibility index (Phi) is 4.13. The predicted molar refractivity (Wildman–Crippen MR) is 89.6 cm³/mol. The van der Waals surface area contributed by atoms with Gasteiger partial charge in [-0.2, -0.15) is 0 Å². The van der Waals surface area contributed by atoms with Gasteiger partial charge in [0.2, 0.25) is 11.0 Å². The van der Waals surface area contributed by atoms with Gasteiger partial charge in [-0.15, -0.1) is 10.2 Å². The topological polar surface area (TPSA) is 59.8 Å². The SMILES string of the molecule is CC(C)c1nnc(NC(=O)Cn2ccc3ccc(Cl)cc32)s1. The first-order valence-corrected chi connectivity index (χ1v) is 8.10. The number of carbonyl (C=O) groups excluding carboxylic acids is 1. The Hall–Kier alpha value is -1.92. The normalized spacial score (nSPS) is 11.3. The van der Waals surface area contributed by atoms with Gasteiger partial charge in [-0.25, -0.2) is 0 Å². The van der Waals surface area contributed by atoms with Crippen molar-refractivity contribution in [2.45, 2.75) is 26.3 Å². The number of nitrogens with zero attached hydrogens (tertiary/aromatic N) is 3. The summed E-state index contributed by atoms with van der Waals surface area (Å²) < 4.78 is 1.86. The van der Waals surface area contributed by atoms with E-state index in [4.69, 9.17) is 11.6 Å². The van der Waals surface area contributed by atoms with Crippen LogP contribution in [0.4, 0.5) is 5.13 Å². The molecule has 2 aromatic heterocycles. The first-order valence-electron chi connectivity index (χ1n) is 6.90. The van der Waals surface area contributed by atoms with Crippen LogP contribution in [-0.4, -0.2) is 20.7 Å². The molecular formula is C15H15ClN4OS. The van der Waals surface area contributed by atoms with Crippen molar-refractivity contribution < 1.29 is 4.79 Å². The molecule has 1 amide bonds. The van der Waals surface area contributed by atoms with Crippen molar-refractivity contribution in [2.24, 2.45) is 0 Å². The van der Waals surface area contributed by atoms with Gasteiger partial charge in [0.05, 0.1) is 0 Å². The van der Waals surface area contributed by atoms with Gasteiger partial charge in [0.15, 0.2) is 0 Å². The van der Waals surface area contributed by atoms with E-state index in [1.165, 1.54) is 11.3 Å². The van der Waals surface area contributed by atoms with E-state index in [1.807, 2.05) is 48.9 Å². The molecule has 0 aliphatic heterocycles. The second kappa shape index (κ2) is 6.06. The standard InChI is InChI=1S/C15H15ClN4OS/c1-9(2)14-18-19-15(22-14)17-13(21)8-20-6-5-10-3-4-11(16)7-12(10)20/h3-7,9H,8H2,1-2H3,(H,17,19,21). The van der Waals surface area contributed by atoms with Crippen molar-refractivity contribution in [1.29, 1.82) is 0 Å². The quantitative estimate of drug-likeness (QED) is 0.787. The lowest BCUT2D eigenvalue weighted by atomic mass is 10.2. The van der Waals surface area contributed by atoms with Gasteiger partial charge in [0, 0.05) is 22.7 Å². The van der Waals surface area contributed by atoms with Crippen LogP contribution >= 0.6 is 22.9 Å². The number of hydrogen-bond acceptors (Lipinski definition) is 4. The highest BCUT2D eigenvalue weighted by molar-refractivity contribution is 7.15. The molecule has 0 radical (unpaired) electrons. The number of amides is 1. The minimum absolute atomic E-state index is 0.135. The van der Waals surface area contributed by atoms with Gasteiger partial charge in [-0.1, -0.05) is 42.9 Å². The van der Waals surface area contributed by atoms with Crippen LogP contribution in [-0.2, 0) is 11.3 Å². The van der Waals surface area contributed by atoms with E-state index in [2.05, 4.69) is 15.5 Å². The lowest BCUT2D eigenvalue weighted by Crippen LogP contribution is -2.18. The van der Waals surface area contributed by atoms with E-state index in [0.717, 1.165) is 15.9 Å². The molecule has 0 fully saturated rings. The zero-order valence-corrected chi connectivity index (χ0v) is 13.8. The van der Waals surface area contributed by atoms with E-state index < -0.39 is 0 Å². The molecule has 5 nitrogen and oxygen atoms in total. The van der Waals surface area contributed by atoms with Crippen LogP contribution in [0.25, 0.3) is 10.9 Å². The Labute approximate surface area is 136 Å². The van der Waals surface area contributed by atoms with Crippen molar-refractivity contribution in [2.75, 3.05) is 5.32 Å². The fourth-order valence-electron chi connectivity index (χ4n) is 2.13. The molecule has 1 N–H and O–H groups in total. The Morgan fingerprint density at radius 1 is 1.36 bits per heavy atom. The smallest absolute Gasteiger partial charge is 0.246 e. The fourth-order valence-corrected chi connectivity index (χ4v) is 3.06. The van der Waals surface area contributed by atoms with Crippen LogP contribution in [0.2, 0.25) is 5.02 Å². The van der Waals surface area contributed by atoms with Crippen LogP contribution in [0.1, 0.15) is 24.8 Å². The van der Waals surface area contributed by atoms with E-state index in [9.17, 15) is 4.79 Å². The van der Waals surface area contributed by atoms with Crippen LogP contribution < -0.4 is 5.32 Å². The third kappa shape index (κ3) is 3.13. The molecule has 114 valence electrons. The molecule has 22 heavy (non-hydrogen) atoms. The minimum atomic E-state index is -0.135. The number of carbonyl (C=O) groups is 1. The summed E-state index contributed by atoms with van der Waals surface area (Å²) in [6.07, 6.45) is 1.88. The molecule has 0 unspecified atom stereocenters. The average molecular weight is 335 g/mol. The summed E-state index contributed by atoms with van der Waals surface area (Å²) in [5.41, 5.74) is 0.933. The maximum Gasteiger partial charge on any atom is 0.246 e. The molecule has 7 heteroatoms. The number of rotatable bonds is 4. The van der Waals surface area contributed by atoms with Crippen LogP contribution in [0.5, 0.6) is 0 Å². The molecule has 3 aromatic rings. The van der Waals surface area contributed by atoms with E-state index in [-0.39, 0.29) is 12.5 Å². The lowest BCUT2D eigenvalue weighted by Gasteiger charge is -2.05. The number of nitrogens with one attached hydrogen (secondary N) is 1. The zero-order chi connectivity index (χ0) is 15.7. The van der Waals surface area contributed by atoms with Gasteiger partial charge in [-0.3, -0.25) is 10.1 Å². The van der Waals surface area contributed by atoms with Crippen LogP contribution in [0.3, 0.4) is 0 Å². The Morgan fingerprint density at radius 3 is 2.91 bits per heavy atom. The highest BCUT2D eigenvalue weighted by Crippen LogP contribution is 2.23. The molecule has 0 saturated carbocycles. The van der Waals surface area contributed by atoms with E-state index in [0.29, 0.717) is 16.1 Å². The molecular weight excluding hydrogens is 320 g/mol. The van der Waals surface area contributed by atoms with Crippen molar-refractivity contribution in [3.63, 3.8) is 0 Å². The number of fused-ring (bicyclic) bond motifs is 1. The summed E-state index contributed by atoms with van der Waals surface area (Å²) in [6, 6.07) is 7.58. The molecule has 0 atom stereocenters. The summed E-state index contributed by atoms with van der Waals surface area (Å²) in [4.78, 5) is 12.2. The van der Waals surface area contributed by atoms with Gasteiger partial charge >= 0.3 is 0 Å². The summed E-state index contributed by atoms with van der Waals surface area (Å²) in [5, 5.41) is 14.0. The largest absolute Gasteiger partial charge is 0.338 e. The average Bonchev–Trinajstić information content (AvgIpc) is 3.07. The van der Waals surface area contributed by atoms with Gasteiger partial charge < -0.3 is 4.57 Å².